The number of nitrogens with zero attached hydrogens (tertiary/aromatic N) is 1. The molecule has 0 saturated carbocycles. The van der Waals surface area contributed by atoms with Crippen molar-refractivity contribution in [3.63, 3.8) is 0 Å². The number of hydrogen-bond acceptors (Lipinski definition) is 8. The SMILES string of the molecule is COC(=O)COCCOCCOCCCN(C)C(=O)CCCCC1SCC2NC(=O)NC21. The summed E-state index contributed by atoms with van der Waals surface area (Å²) in [6.45, 7) is 2.82. The zero-order valence-corrected chi connectivity index (χ0v) is 20.0. The van der Waals surface area contributed by atoms with Crippen molar-refractivity contribution in [3.05, 3.63) is 0 Å². The van der Waals surface area contributed by atoms with Gasteiger partial charge in [-0.05, 0) is 19.3 Å². The topological polar surface area (TPSA) is 115 Å². The molecule has 2 N–H and O–H groups in total. The van der Waals surface area contributed by atoms with Crippen molar-refractivity contribution in [2.45, 2.75) is 49.4 Å². The minimum atomic E-state index is -0.406. The van der Waals surface area contributed by atoms with E-state index in [2.05, 4.69) is 15.4 Å². The second-order valence-electron chi connectivity index (χ2n) is 7.89. The van der Waals surface area contributed by atoms with Gasteiger partial charge in [0.2, 0.25) is 5.91 Å². The van der Waals surface area contributed by atoms with E-state index in [1.54, 1.807) is 4.90 Å². The Kier molecular flexibility index (Phi) is 12.8. The van der Waals surface area contributed by atoms with Crippen molar-refractivity contribution < 1.29 is 33.3 Å². The lowest BCUT2D eigenvalue weighted by Crippen LogP contribution is -2.36. The van der Waals surface area contributed by atoms with Crippen LogP contribution in [-0.2, 0) is 28.5 Å². The van der Waals surface area contributed by atoms with Gasteiger partial charge in [0.1, 0.15) is 6.61 Å². The van der Waals surface area contributed by atoms with Crippen LogP contribution in [0.2, 0.25) is 0 Å². The predicted octanol–water partition coefficient (Wildman–Crippen LogP) is 0.784. The molecular weight excluding hydrogens is 438 g/mol. The molecule has 2 aliphatic rings. The zero-order valence-electron chi connectivity index (χ0n) is 19.1. The molecule has 0 radical (unpaired) electrons. The van der Waals surface area contributed by atoms with E-state index in [1.165, 1.54) is 7.11 Å². The van der Waals surface area contributed by atoms with Gasteiger partial charge < -0.3 is 34.5 Å². The molecule has 2 fully saturated rings. The molecule has 2 saturated heterocycles. The third-order valence-electron chi connectivity index (χ3n) is 5.47. The van der Waals surface area contributed by atoms with E-state index in [-0.39, 0.29) is 30.6 Å². The van der Waals surface area contributed by atoms with Gasteiger partial charge in [-0.15, -0.1) is 0 Å². The number of esters is 1. The molecule has 0 aromatic heterocycles. The minimum Gasteiger partial charge on any atom is -0.467 e. The first-order chi connectivity index (χ1) is 15.5. The van der Waals surface area contributed by atoms with Crippen molar-refractivity contribution in [3.8, 4) is 0 Å². The molecule has 32 heavy (non-hydrogen) atoms. The molecule has 2 heterocycles. The van der Waals surface area contributed by atoms with E-state index >= 15 is 0 Å². The van der Waals surface area contributed by atoms with Gasteiger partial charge in [-0.25, -0.2) is 9.59 Å². The van der Waals surface area contributed by atoms with Gasteiger partial charge in [0, 0.05) is 37.6 Å². The quantitative estimate of drug-likeness (QED) is 0.180. The Bertz CT molecular complexity index is 596. The van der Waals surface area contributed by atoms with Crippen molar-refractivity contribution >= 4 is 29.7 Å². The van der Waals surface area contributed by atoms with Crippen molar-refractivity contribution in [2.24, 2.45) is 0 Å². The fourth-order valence-electron chi connectivity index (χ4n) is 3.64. The molecule has 3 unspecified atom stereocenters. The molecule has 0 spiro atoms. The average molecular weight is 476 g/mol. The number of rotatable bonds is 17. The van der Waals surface area contributed by atoms with Crippen LogP contribution in [0.4, 0.5) is 4.79 Å². The molecule has 3 atom stereocenters. The fourth-order valence-corrected chi connectivity index (χ4v) is 5.18. The summed E-state index contributed by atoms with van der Waals surface area (Å²) in [4.78, 5) is 36.3. The van der Waals surface area contributed by atoms with Crippen LogP contribution in [0, 0.1) is 0 Å². The molecule has 184 valence electrons. The van der Waals surface area contributed by atoms with Gasteiger partial charge in [-0.3, -0.25) is 4.79 Å². The summed E-state index contributed by atoms with van der Waals surface area (Å²) < 4.78 is 20.4. The van der Waals surface area contributed by atoms with Gasteiger partial charge in [0.05, 0.1) is 45.6 Å². The second kappa shape index (κ2) is 15.3. The Labute approximate surface area is 194 Å². The molecular formula is C21H37N3O7S. The van der Waals surface area contributed by atoms with Crippen molar-refractivity contribution in [1.29, 1.82) is 0 Å². The maximum Gasteiger partial charge on any atom is 0.331 e. The first-order valence-corrected chi connectivity index (χ1v) is 12.3. The van der Waals surface area contributed by atoms with E-state index < -0.39 is 5.97 Å². The van der Waals surface area contributed by atoms with Crippen LogP contribution in [0.25, 0.3) is 0 Å². The highest BCUT2D eigenvalue weighted by molar-refractivity contribution is 8.00. The van der Waals surface area contributed by atoms with Gasteiger partial charge in [-0.1, -0.05) is 6.42 Å². The highest BCUT2D eigenvalue weighted by Gasteiger charge is 2.42. The van der Waals surface area contributed by atoms with Crippen LogP contribution in [0.15, 0.2) is 0 Å². The van der Waals surface area contributed by atoms with Gasteiger partial charge in [0.15, 0.2) is 0 Å². The fraction of sp³-hybridized carbons (Fsp3) is 0.857. The molecule has 2 aliphatic heterocycles. The number of fused-ring (bicyclic) bond motifs is 1. The molecule has 10 nitrogen and oxygen atoms in total. The summed E-state index contributed by atoms with van der Waals surface area (Å²) in [6.07, 6.45) is 4.22. The summed E-state index contributed by atoms with van der Waals surface area (Å²) in [6, 6.07) is 0.433. The van der Waals surface area contributed by atoms with Gasteiger partial charge >= 0.3 is 12.0 Å². The van der Waals surface area contributed by atoms with Gasteiger partial charge in [0.25, 0.3) is 0 Å². The van der Waals surface area contributed by atoms with Crippen LogP contribution in [-0.4, -0.2) is 106 Å². The number of urea groups is 1. The number of carbonyl (C=O) groups is 3. The Morgan fingerprint density at radius 2 is 1.75 bits per heavy atom. The predicted molar refractivity (Wildman–Crippen MR) is 121 cm³/mol. The molecule has 0 bridgehead atoms. The number of amides is 3. The van der Waals surface area contributed by atoms with Crippen LogP contribution < -0.4 is 10.6 Å². The third kappa shape index (κ3) is 9.93. The maximum absolute atomic E-state index is 12.3. The van der Waals surface area contributed by atoms with Gasteiger partial charge in [-0.2, -0.15) is 11.8 Å². The van der Waals surface area contributed by atoms with Crippen LogP contribution in [0.5, 0.6) is 0 Å². The summed E-state index contributed by atoms with van der Waals surface area (Å²) in [5, 5.41) is 6.40. The standard InChI is InChI=1S/C21H37N3O7S/c1-24(8-5-9-29-10-11-30-12-13-31-14-19(26)28-2)18(25)7-4-3-6-17-20-16(15-32-17)22-21(27)23-20/h16-17,20H,3-15H2,1-2H3,(H2,22,23,27). The summed E-state index contributed by atoms with van der Waals surface area (Å²) in [5.74, 6) is 0.721. The number of methoxy groups -OCH3 is 1. The first-order valence-electron chi connectivity index (χ1n) is 11.2. The Morgan fingerprint density at radius 3 is 2.50 bits per heavy atom. The summed E-state index contributed by atoms with van der Waals surface area (Å²) in [7, 11) is 3.15. The first kappa shape index (κ1) is 26.7. The van der Waals surface area contributed by atoms with E-state index in [9.17, 15) is 14.4 Å². The average Bonchev–Trinajstić information content (AvgIpc) is 3.33. The monoisotopic (exact) mass is 475 g/mol. The van der Waals surface area contributed by atoms with Crippen LogP contribution in [0.1, 0.15) is 32.1 Å². The number of thioether (sulfide) groups is 1. The Morgan fingerprint density at radius 1 is 1.03 bits per heavy atom. The highest BCUT2D eigenvalue weighted by atomic mass is 32.2. The number of nitrogens with one attached hydrogen (secondary N) is 2. The maximum atomic E-state index is 12.3. The highest BCUT2D eigenvalue weighted by Crippen LogP contribution is 2.33. The molecule has 3 amide bonds. The third-order valence-corrected chi connectivity index (χ3v) is 6.98. The van der Waals surface area contributed by atoms with E-state index in [4.69, 9.17) is 14.2 Å². The molecule has 11 heteroatoms. The second-order valence-corrected chi connectivity index (χ2v) is 9.16. The van der Waals surface area contributed by atoms with E-state index in [0.717, 1.165) is 31.4 Å². The van der Waals surface area contributed by atoms with E-state index in [1.807, 2.05) is 18.8 Å². The lowest BCUT2D eigenvalue weighted by atomic mass is 10.0. The molecule has 2 rings (SSSR count). The Hall–Kier alpha value is -1.56. The lowest BCUT2D eigenvalue weighted by molar-refractivity contribution is -0.146. The normalized spacial score (nSPS) is 21.7. The number of hydrogen-bond donors (Lipinski definition) is 2. The molecule has 0 aromatic rings. The smallest absolute Gasteiger partial charge is 0.331 e. The van der Waals surface area contributed by atoms with Crippen LogP contribution >= 0.6 is 11.8 Å². The molecule has 0 aliphatic carbocycles. The lowest BCUT2D eigenvalue weighted by Gasteiger charge is -2.18. The summed E-state index contributed by atoms with van der Waals surface area (Å²) >= 11 is 1.91. The largest absolute Gasteiger partial charge is 0.467 e. The number of carbonyl (C=O) groups excluding carboxylic acids is 3. The van der Waals surface area contributed by atoms with Crippen molar-refractivity contribution in [2.75, 3.05) is 66.1 Å². The Balaban J connectivity index is 1.37. The number of unbranched alkanes of at least 4 members (excludes halogenated alkanes) is 1. The minimum absolute atomic E-state index is 0.0549. The van der Waals surface area contributed by atoms with Crippen molar-refractivity contribution in [1.82, 2.24) is 15.5 Å². The zero-order chi connectivity index (χ0) is 23.2. The summed E-state index contributed by atoms with van der Waals surface area (Å²) in [5.41, 5.74) is 0. The molecule has 0 aromatic carbocycles. The van der Waals surface area contributed by atoms with Crippen LogP contribution in [0.3, 0.4) is 0 Å². The number of ether oxygens (including phenoxy) is 4. The van der Waals surface area contributed by atoms with E-state index in [0.29, 0.717) is 51.2 Å².